The van der Waals surface area contributed by atoms with E-state index in [0.717, 1.165) is 12.1 Å². The first-order valence-corrected chi connectivity index (χ1v) is 7.71. The Morgan fingerprint density at radius 3 is 2.55 bits per heavy atom. The van der Waals surface area contributed by atoms with Crippen LogP contribution in [0.1, 0.15) is 10.4 Å². The van der Waals surface area contributed by atoms with Crippen LogP contribution < -0.4 is 15.8 Å². The van der Waals surface area contributed by atoms with E-state index in [4.69, 9.17) is 9.88 Å². The fourth-order valence-electron chi connectivity index (χ4n) is 1.54. The van der Waals surface area contributed by atoms with Crippen LogP contribution in [0.3, 0.4) is 0 Å². The number of amides is 1. The molecule has 0 atom stereocenters. The van der Waals surface area contributed by atoms with Crippen molar-refractivity contribution in [2.75, 3.05) is 33.4 Å². The monoisotopic (exact) mass is 355 g/mol. The van der Waals surface area contributed by atoms with Gasteiger partial charge in [0.05, 0.1) is 6.61 Å². The van der Waals surface area contributed by atoms with Crippen molar-refractivity contribution in [2.45, 2.75) is 4.90 Å². The van der Waals surface area contributed by atoms with Gasteiger partial charge in [-0.3, -0.25) is 4.79 Å². The Kier molecular flexibility index (Phi) is 9.14. The zero-order valence-corrected chi connectivity index (χ0v) is 13.6. The number of nitrogens with one attached hydrogen (secondary N) is 2. The summed E-state index contributed by atoms with van der Waals surface area (Å²) in [4.78, 5) is 11.1. The lowest BCUT2D eigenvalue weighted by Crippen LogP contribution is -2.33. The van der Waals surface area contributed by atoms with Crippen molar-refractivity contribution in [1.29, 1.82) is 0 Å². The minimum absolute atomic E-state index is 0. The maximum absolute atomic E-state index is 13.6. The maximum atomic E-state index is 13.6. The summed E-state index contributed by atoms with van der Waals surface area (Å²) in [5, 5.41) is 10.4. The lowest BCUT2D eigenvalue weighted by atomic mass is 10.2. The van der Waals surface area contributed by atoms with E-state index in [2.05, 4.69) is 10.6 Å². The van der Waals surface area contributed by atoms with Gasteiger partial charge in [0.2, 0.25) is 10.0 Å². The van der Waals surface area contributed by atoms with Gasteiger partial charge in [-0.05, 0) is 18.2 Å². The molecule has 1 amide bonds. The summed E-state index contributed by atoms with van der Waals surface area (Å²) in [5.41, 5.74) is 0.0248. The molecule has 0 saturated carbocycles. The Morgan fingerprint density at radius 2 is 2.00 bits per heavy atom. The van der Waals surface area contributed by atoms with Crippen molar-refractivity contribution in [1.82, 2.24) is 10.6 Å². The van der Waals surface area contributed by atoms with Crippen molar-refractivity contribution in [3.63, 3.8) is 0 Å². The van der Waals surface area contributed by atoms with Crippen LogP contribution in [0, 0.1) is 5.82 Å². The molecule has 10 heteroatoms. The highest BCUT2D eigenvalue weighted by Gasteiger charge is 2.16. The summed E-state index contributed by atoms with van der Waals surface area (Å²) in [6, 6.07) is 3.01. The minimum Gasteiger partial charge on any atom is -0.383 e. The molecule has 0 radical (unpaired) electrons. The van der Waals surface area contributed by atoms with E-state index in [9.17, 15) is 17.6 Å². The molecule has 0 aromatic heterocycles. The van der Waals surface area contributed by atoms with Gasteiger partial charge in [0.15, 0.2) is 0 Å². The number of benzene rings is 1. The van der Waals surface area contributed by atoms with Crippen molar-refractivity contribution in [3.8, 4) is 0 Å². The second-order valence-corrected chi connectivity index (χ2v) is 5.72. The maximum Gasteiger partial charge on any atom is 0.251 e. The van der Waals surface area contributed by atoms with Crippen molar-refractivity contribution in [3.05, 3.63) is 29.6 Å². The molecular weight excluding hydrogens is 337 g/mol. The molecule has 1 rings (SSSR count). The predicted octanol–water partition coefficient (Wildman–Crippen LogP) is -0.139. The summed E-state index contributed by atoms with van der Waals surface area (Å²) in [6.45, 7) is 2.10. The molecule has 1 aromatic carbocycles. The zero-order chi connectivity index (χ0) is 15.9. The topological polar surface area (TPSA) is 111 Å². The third-order valence-corrected chi connectivity index (χ3v) is 3.52. The molecule has 22 heavy (non-hydrogen) atoms. The Balaban J connectivity index is 0.00000441. The van der Waals surface area contributed by atoms with E-state index in [-0.39, 0.29) is 18.0 Å². The number of halogens is 2. The highest BCUT2D eigenvalue weighted by Crippen LogP contribution is 2.14. The number of hydrogen-bond donors (Lipinski definition) is 3. The Morgan fingerprint density at radius 1 is 1.32 bits per heavy atom. The lowest BCUT2D eigenvalue weighted by molar-refractivity contribution is 0.0953. The quantitative estimate of drug-likeness (QED) is 0.562. The third-order valence-electron chi connectivity index (χ3n) is 2.57. The molecule has 0 aliphatic heterocycles. The molecular formula is C12H19ClFN3O4S. The van der Waals surface area contributed by atoms with Crippen LogP contribution in [0.4, 0.5) is 4.39 Å². The lowest BCUT2D eigenvalue weighted by Gasteiger charge is -2.07. The molecule has 4 N–H and O–H groups in total. The third kappa shape index (κ3) is 6.67. The number of rotatable bonds is 8. The molecule has 0 spiro atoms. The molecule has 1 aromatic rings. The minimum atomic E-state index is -4.13. The number of carbonyl (C=O) groups is 1. The molecule has 126 valence electrons. The van der Waals surface area contributed by atoms with Crippen LogP contribution in [0.5, 0.6) is 0 Å². The van der Waals surface area contributed by atoms with Gasteiger partial charge in [-0.25, -0.2) is 17.9 Å². The van der Waals surface area contributed by atoms with Gasteiger partial charge in [0.25, 0.3) is 5.91 Å². The molecule has 7 nitrogen and oxygen atoms in total. The van der Waals surface area contributed by atoms with Gasteiger partial charge in [-0.1, -0.05) is 0 Å². The van der Waals surface area contributed by atoms with E-state index >= 15 is 0 Å². The number of ether oxygens (including phenoxy) is 1. The van der Waals surface area contributed by atoms with Crippen molar-refractivity contribution >= 4 is 28.3 Å². The highest BCUT2D eigenvalue weighted by molar-refractivity contribution is 7.89. The van der Waals surface area contributed by atoms with Gasteiger partial charge in [0, 0.05) is 32.3 Å². The van der Waals surface area contributed by atoms with Gasteiger partial charge >= 0.3 is 0 Å². The van der Waals surface area contributed by atoms with Crippen molar-refractivity contribution in [2.24, 2.45) is 5.14 Å². The van der Waals surface area contributed by atoms with Crippen molar-refractivity contribution < 1.29 is 22.3 Å². The summed E-state index contributed by atoms with van der Waals surface area (Å²) in [6.07, 6.45) is 0. The average Bonchev–Trinajstić information content (AvgIpc) is 2.41. The molecule has 0 heterocycles. The molecule has 0 bridgehead atoms. The van der Waals surface area contributed by atoms with Gasteiger partial charge in [0.1, 0.15) is 10.7 Å². The molecule has 0 aliphatic carbocycles. The van der Waals surface area contributed by atoms with Crippen LogP contribution in [-0.4, -0.2) is 47.7 Å². The number of methoxy groups -OCH3 is 1. The van der Waals surface area contributed by atoms with E-state index in [1.54, 1.807) is 7.11 Å². The van der Waals surface area contributed by atoms with E-state index in [0.29, 0.717) is 26.2 Å². The second-order valence-electron chi connectivity index (χ2n) is 4.19. The van der Waals surface area contributed by atoms with Crippen LogP contribution in [0.15, 0.2) is 23.1 Å². The number of sulfonamides is 1. The van der Waals surface area contributed by atoms with Crippen LogP contribution in [-0.2, 0) is 14.8 Å². The number of hydrogen-bond acceptors (Lipinski definition) is 5. The molecule has 0 saturated heterocycles. The zero-order valence-electron chi connectivity index (χ0n) is 12.0. The van der Waals surface area contributed by atoms with Crippen LogP contribution >= 0.6 is 12.4 Å². The summed E-state index contributed by atoms with van der Waals surface area (Å²) >= 11 is 0. The second kappa shape index (κ2) is 9.70. The van der Waals surface area contributed by atoms with Crippen LogP contribution in [0.25, 0.3) is 0 Å². The van der Waals surface area contributed by atoms with E-state index in [1.807, 2.05) is 0 Å². The number of carbonyl (C=O) groups excluding carboxylic acids is 1. The summed E-state index contributed by atoms with van der Waals surface area (Å²) < 4.78 is 40.5. The number of primary sulfonamides is 1. The van der Waals surface area contributed by atoms with E-state index in [1.165, 1.54) is 6.07 Å². The first-order valence-electron chi connectivity index (χ1n) is 6.16. The first kappa shape index (κ1) is 20.7. The first-order chi connectivity index (χ1) is 9.86. The van der Waals surface area contributed by atoms with Gasteiger partial charge in [-0.2, -0.15) is 0 Å². The number of nitrogens with two attached hydrogens (primary N) is 1. The predicted molar refractivity (Wildman–Crippen MR) is 82.1 cm³/mol. The SMILES string of the molecule is COCCNCCNC(=O)c1ccc(S(N)(=O)=O)c(F)c1.Cl. The Labute approximate surface area is 134 Å². The largest absolute Gasteiger partial charge is 0.383 e. The fourth-order valence-corrected chi connectivity index (χ4v) is 2.13. The van der Waals surface area contributed by atoms with E-state index < -0.39 is 26.6 Å². The fraction of sp³-hybridized carbons (Fsp3) is 0.417. The summed E-state index contributed by atoms with van der Waals surface area (Å²) in [5.74, 6) is -1.55. The normalized spacial score (nSPS) is 10.9. The molecule has 0 unspecified atom stereocenters. The molecule has 0 aliphatic rings. The standard InChI is InChI=1S/C12H18FN3O4S.ClH/c1-20-7-6-15-4-5-16-12(17)9-2-3-11(10(13)8-9)21(14,18)19;/h2-3,8,15H,4-7H2,1H3,(H,16,17)(H2,14,18,19);1H. The smallest absolute Gasteiger partial charge is 0.251 e. The summed E-state index contributed by atoms with van der Waals surface area (Å²) in [7, 11) is -2.55. The Hall–Kier alpha value is -1.26. The van der Waals surface area contributed by atoms with Crippen LogP contribution in [0.2, 0.25) is 0 Å². The highest BCUT2D eigenvalue weighted by atomic mass is 35.5. The van der Waals surface area contributed by atoms with Gasteiger partial charge < -0.3 is 15.4 Å². The van der Waals surface area contributed by atoms with Gasteiger partial charge in [-0.15, -0.1) is 12.4 Å². The average molecular weight is 356 g/mol. The Bertz CT molecular complexity index is 598. The molecule has 0 fully saturated rings.